The number of imidazole rings is 2. The summed E-state index contributed by atoms with van der Waals surface area (Å²) in [5, 5.41) is 2.05. The molecule has 298 valence electrons. The maximum absolute atomic E-state index is 13.4. The Morgan fingerprint density at radius 2 is 1.46 bits per heavy atom. The molecule has 0 spiro atoms. The number of nitrogens with zero attached hydrogens (tertiary/aromatic N) is 6. The molecule has 0 radical (unpaired) electrons. The number of H-pyrrole nitrogens is 1. The average molecular weight is 770 g/mol. The standard InChI is InChI=1S/C46H55N7O4/c1-45(2,3)56-43(54)51-21-9-10-38(51)42-47-26-39(53(42)50(7)8)31-15-19-35-30(23-31)12-11-29-22-27(14-18-34(29)35)28-16-20-36-37(25-28)49-41(48-36)40-32-13-17-33(24-32)52(40)44(55)57-46(4,5)6/h14-16,18-20,22-23,25-26,32-33,38,40H,9-13,17,21,24H2,1-8H3,(H,48,49). The summed E-state index contributed by atoms with van der Waals surface area (Å²) >= 11 is 0. The highest BCUT2D eigenvalue weighted by Crippen LogP contribution is 2.50. The van der Waals surface area contributed by atoms with E-state index >= 15 is 0 Å². The molecule has 2 aliphatic carbocycles. The fourth-order valence-electron chi connectivity index (χ4n) is 9.78. The zero-order chi connectivity index (χ0) is 40.0. The van der Waals surface area contributed by atoms with Gasteiger partial charge in [-0.25, -0.2) is 24.2 Å². The van der Waals surface area contributed by atoms with Gasteiger partial charge in [0.05, 0.1) is 35.0 Å². The van der Waals surface area contributed by atoms with Gasteiger partial charge in [0.1, 0.15) is 17.0 Å². The van der Waals surface area contributed by atoms with Crippen molar-refractivity contribution in [2.45, 2.75) is 116 Å². The third-order valence-electron chi connectivity index (χ3n) is 12.1. The predicted molar refractivity (Wildman–Crippen MR) is 223 cm³/mol. The molecule has 4 aliphatic rings. The molecule has 2 bridgehead atoms. The number of fused-ring (bicyclic) bond motifs is 6. The Morgan fingerprint density at radius 1 is 0.807 bits per heavy atom. The van der Waals surface area contributed by atoms with E-state index in [2.05, 4.69) is 69.3 Å². The topological polar surface area (TPSA) is 109 Å². The highest BCUT2D eigenvalue weighted by atomic mass is 16.6. The summed E-state index contributed by atoms with van der Waals surface area (Å²) in [4.78, 5) is 43.9. The number of likely N-dealkylation sites (tertiary alicyclic amines) is 2. The van der Waals surface area contributed by atoms with Crippen molar-refractivity contribution in [3.63, 3.8) is 0 Å². The van der Waals surface area contributed by atoms with Gasteiger partial charge in [-0.05, 0) is 144 Å². The lowest BCUT2D eigenvalue weighted by Gasteiger charge is -2.35. The molecule has 3 aromatic carbocycles. The second-order valence-electron chi connectivity index (χ2n) is 18.6. The lowest BCUT2D eigenvalue weighted by molar-refractivity contribution is 0.00616. The van der Waals surface area contributed by atoms with E-state index in [1.54, 1.807) is 0 Å². The van der Waals surface area contributed by atoms with Gasteiger partial charge >= 0.3 is 12.2 Å². The number of carbonyl (C=O) groups excluding carboxylic acids is 2. The van der Waals surface area contributed by atoms with Gasteiger partial charge in [0.2, 0.25) is 0 Å². The van der Waals surface area contributed by atoms with Gasteiger partial charge in [-0.15, -0.1) is 0 Å². The van der Waals surface area contributed by atoms with Crippen LogP contribution < -0.4 is 5.01 Å². The number of piperidine rings is 1. The van der Waals surface area contributed by atoms with Crippen LogP contribution in [0.15, 0.2) is 60.8 Å². The first-order valence-electron chi connectivity index (χ1n) is 20.6. The van der Waals surface area contributed by atoms with Gasteiger partial charge in [-0.3, -0.25) is 9.80 Å². The van der Waals surface area contributed by atoms with Crippen molar-refractivity contribution in [2.75, 3.05) is 25.6 Å². The quantitative estimate of drug-likeness (QED) is 0.190. The van der Waals surface area contributed by atoms with Crippen LogP contribution in [0.4, 0.5) is 9.59 Å². The van der Waals surface area contributed by atoms with Crippen molar-refractivity contribution in [3.8, 4) is 33.5 Å². The average Bonchev–Trinajstić information content (AvgIpc) is 4.00. The van der Waals surface area contributed by atoms with Crippen LogP contribution in [0.2, 0.25) is 0 Å². The summed E-state index contributed by atoms with van der Waals surface area (Å²) in [5.41, 5.74) is 10.4. The van der Waals surface area contributed by atoms with Gasteiger partial charge in [0, 0.05) is 32.2 Å². The summed E-state index contributed by atoms with van der Waals surface area (Å²) in [7, 11) is 4.05. The van der Waals surface area contributed by atoms with Crippen LogP contribution in [0.25, 0.3) is 44.5 Å². The van der Waals surface area contributed by atoms with E-state index in [4.69, 9.17) is 19.4 Å². The number of rotatable bonds is 5. The Kier molecular flexibility index (Phi) is 8.93. The lowest BCUT2D eigenvalue weighted by Crippen LogP contribution is -2.43. The van der Waals surface area contributed by atoms with Crippen LogP contribution in [-0.2, 0) is 22.3 Å². The van der Waals surface area contributed by atoms with Gasteiger partial charge in [-0.1, -0.05) is 36.4 Å². The highest BCUT2D eigenvalue weighted by Gasteiger charge is 2.51. The second kappa shape index (κ2) is 13.7. The lowest BCUT2D eigenvalue weighted by atomic mass is 9.83. The van der Waals surface area contributed by atoms with E-state index in [-0.39, 0.29) is 30.3 Å². The van der Waals surface area contributed by atoms with Crippen LogP contribution in [0.1, 0.15) is 109 Å². The second-order valence-corrected chi connectivity index (χ2v) is 18.6. The van der Waals surface area contributed by atoms with E-state index in [9.17, 15) is 9.59 Å². The molecule has 2 aromatic heterocycles. The molecule has 57 heavy (non-hydrogen) atoms. The molecule has 4 heterocycles. The van der Waals surface area contributed by atoms with Crippen molar-refractivity contribution < 1.29 is 19.1 Å². The molecule has 2 saturated heterocycles. The van der Waals surface area contributed by atoms with Crippen LogP contribution in [0, 0.1) is 5.92 Å². The minimum absolute atomic E-state index is 0.0916. The normalized spacial score (nSPS) is 21.5. The number of carbonyl (C=O) groups is 2. The number of aryl methyl sites for hydroxylation is 2. The van der Waals surface area contributed by atoms with Gasteiger partial charge in [0.25, 0.3) is 0 Å². The molecule has 2 amide bonds. The summed E-state index contributed by atoms with van der Waals surface area (Å²) in [6.45, 7) is 12.1. The molecule has 1 saturated carbocycles. The maximum Gasteiger partial charge on any atom is 0.411 e. The molecule has 3 fully saturated rings. The van der Waals surface area contributed by atoms with Crippen LogP contribution in [-0.4, -0.2) is 79.5 Å². The fourth-order valence-corrected chi connectivity index (χ4v) is 9.78. The van der Waals surface area contributed by atoms with E-state index in [1.165, 1.54) is 27.8 Å². The summed E-state index contributed by atoms with van der Waals surface area (Å²) < 4.78 is 13.8. The molecule has 4 atom stereocenters. The Bertz CT molecular complexity index is 2380. The van der Waals surface area contributed by atoms with Crippen LogP contribution in [0.3, 0.4) is 0 Å². The van der Waals surface area contributed by atoms with Gasteiger partial charge in [-0.2, -0.15) is 0 Å². The first-order valence-corrected chi connectivity index (χ1v) is 20.6. The number of hydrogen-bond acceptors (Lipinski definition) is 7. The van der Waals surface area contributed by atoms with Crippen molar-refractivity contribution in [1.29, 1.82) is 0 Å². The number of ether oxygens (including phenoxy) is 2. The maximum atomic E-state index is 13.4. The molecule has 1 N–H and O–H groups in total. The zero-order valence-corrected chi connectivity index (χ0v) is 34.6. The van der Waals surface area contributed by atoms with Crippen LogP contribution >= 0.6 is 0 Å². The minimum Gasteiger partial charge on any atom is -0.444 e. The SMILES string of the molecule is CN(C)n1c(-c2ccc3c(c2)CCc2cc(-c4ccc5nc(C6C7CCC(C7)N6C(=O)OC(C)(C)C)[nH]c5c4)ccc2-3)cnc1C1CCCN1C(=O)OC(C)(C)C. The van der Waals surface area contributed by atoms with E-state index in [0.717, 1.165) is 84.4 Å². The third-order valence-corrected chi connectivity index (χ3v) is 12.1. The number of benzene rings is 3. The van der Waals surface area contributed by atoms with Crippen molar-refractivity contribution in [2.24, 2.45) is 5.92 Å². The van der Waals surface area contributed by atoms with Crippen molar-refractivity contribution in [3.05, 3.63) is 83.6 Å². The number of nitrogens with one attached hydrogen (secondary N) is 1. The molecule has 9 rings (SSSR count). The van der Waals surface area contributed by atoms with E-state index in [1.807, 2.05) is 71.6 Å². The molecule has 11 nitrogen and oxygen atoms in total. The number of hydrogen-bond donors (Lipinski definition) is 1. The van der Waals surface area contributed by atoms with Crippen LogP contribution in [0.5, 0.6) is 0 Å². The Hall–Kier alpha value is -5.32. The number of amides is 2. The number of aromatic nitrogens is 4. The smallest absolute Gasteiger partial charge is 0.411 e. The molecular weight excluding hydrogens is 715 g/mol. The fraction of sp³-hybridized carbons (Fsp3) is 0.478. The Morgan fingerprint density at radius 3 is 2.16 bits per heavy atom. The Balaban J connectivity index is 0.967. The van der Waals surface area contributed by atoms with E-state index < -0.39 is 11.2 Å². The van der Waals surface area contributed by atoms with Crippen molar-refractivity contribution >= 4 is 23.2 Å². The predicted octanol–water partition coefficient (Wildman–Crippen LogP) is 9.59. The highest BCUT2D eigenvalue weighted by molar-refractivity contribution is 5.85. The molecule has 2 aliphatic heterocycles. The monoisotopic (exact) mass is 769 g/mol. The first-order chi connectivity index (χ1) is 27.1. The minimum atomic E-state index is -0.557. The van der Waals surface area contributed by atoms with E-state index in [0.29, 0.717) is 12.5 Å². The summed E-state index contributed by atoms with van der Waals surface area (Å²) in [6.07, 6.45) is 8.20. The third kappa shape index (κ3) is 6.82. The molecule has 11 heteroatoms. The first kappa shape index (κ1) is 37.3. The Labute approximate surface area is 335 Å². The number of aromatic amines is 1. The van der Waals surface area contributed by atoms with Gasteiger partial charge < -0.3 is 19.5 Å². The largest absolute Gasteiger partial charge is 0.444 e. The zero-order valence-electron chi connectivity index (χ0n) is 34.6. The molecular formula is C46H55N7O4. The van der Waals surface area contributed by atoms with Gasteiger partial charge in [0.15, 0.2) is 5.82 Å². The summed E-state index contributed by atoms with van der Waals surface area (Å²) in [5.74, 6) is 2.10. The molecule has 4 unspecified atom stereocenters. The molecule has 5 aromatic rings. The summed E-state index contributed by atoms with van der Waals surface area (Å²) in [6, 6.07) is 20.0. The van der Waals surface area contributed by atoms with Crippen molar-refractivity contribution in [1.82, 2.24) is 29.4 Å².